The molecule has 1 unspecified atom stereocenters. The molecule has 2 nitrogen and oxygen atoms in total. The van der Waals surface area contributed by atoms with Crippen LogP contribution in [0, 0.1) is 0 Å². The van der Waals surface area contributed by atoms with Crippen LogP contribution in [0.2, 0.25) is 0 Å². The van der Waals surface area contributed by atoms with Crippen LogP contribution in [-0.2, 0) is 12.8 Å². The molecule has 1 N–H and O–H groups in total. The lowest BCUT2D eigenvalue weighted by Crippen LogP contribution is -2.50. The first-order chi connectivity index (χ1) is 10.4. The van der Waals surface area contributed by atoms with Gasteiger partial charge in [-0.15, -0.1) is 0 Å². The molecule has 1 aliphatic carbocycles. The first-order valence-electron chi connectivity index (χ1n) is 8.00. The number of benzene rings is 2. The van der Waals surface area contributed by atoms with Gasteiger partial charge in [0.1, 0.15) is 0 Å². The molecular weight excluding hydrogens is 256 g/mol. The molecule has 1 fully saturated rings. The van der Waals surface area contributed by atoms with Crippen molar-refractivity contribution in [2.75, 3.05) is 19.6 Å². The Bertz CT molecular complexity index is 583. The molecule has 0 aromatic heterocycles. The minimum atomic E-state index is 0.513. The van der Waals surface area contributed by atoms with E-state index in [0.29, 0.717) is 12.1 Å². The van der Waals surface area contributed by atoms with Crippen LogP contribution in [0.4, 0.5) is 0 Å². The van der Waals surface area contributed by atoms with E-state index in [1.165, 1.54) is 18.4 Å². The summed E-state index contributed by atoms with van der Waals surface area (Å²) in [7, 11) is 0. The molecule has 0 spiro atoms. The highest BCUT2D eigenvalue weighted by molar-refractivity contribution is 5.34. The second-order valence-electron chi connectivity index (χ2n) is 6.20. The first-order valence-corrected chi connectivity index (χ1v) is 8.00. The third kappa shape index (κ3) is 2.50. The Kier molecular flexibility index (Phi) is 3.50. The van der Waals surface area contributed by atoms with E-state index < -0.39 is 0 Å². The number of piperazine rings is 1. The van der Waals surface area contributed by atoms with Gasteiger partial charge in [0, 0.05) is 31.7 Å². The molecule has 0 bridgehead atoms. The summed E-state index contributed by atoms with van der Waals surface area (Å²) < 4.78 is 0. The molecule has 21 heavy (non-hydrogen) atoms. The van der Waals surface area contributed by atoms with Crippen molar-refractivity contribution >= 4 is 0 Å². The maximum Gasteiger partial charge on any atom is 0.0476 e. The third-order valence-corrected chi connectivity index (χ3v) is 4.97. The Balaban J connectivity index is 1.59. The van der Waals surface area contributed by atoms with E-state index in [9.17, 15) is 0 Å². The lowest BCUT2D eigenvalue weighted by atomic mass is 10.00. The predicted octanol–water partition coefficient (Wildman–Crippen LogP) is 2.80. The highest BCUT2D eigenvalue weighted by atomic mass is 15.2. The molecule has 2 aromatic rings. The minimum Gasteiger partial charge on any atom is -0.314 e. The summed E-state index contributed by atoms with van der Waals surface area (Å²) in [5.74, 6) is 0. The zero-order valence-corrected chi connectivity index (χ0v) is 12.3. The Labute approximate surface area is 126 Å². The summed E-state index contributed by atoms with van der Waals surface area (Å²) in [6.07, 6.45) is 2.42. The second-order valence-corrected chi connectivity index (χ2v) is 6.20. The first kappa shape index (κ1) is 13.1. The van der Waals surface area contributed by atoms with E-state index in [4.69, 9.17) is 0 Å². The predicted molar refractivity (Wildman–Crippen MR) is 86.4 cm³/mol. The van der Waals surface area contributed by atoms with Crippen molar-refractivity contribution in [3.8, 4) is 0 Å². The average Bonchev–Trinajstić information content (AvgIpc) is 2.99. The van der Waals surface area contributed by atoms with Crippen molar-refractivity contribution in [3.63, 3.8) is 0 Å². The molecule has 0 radical (unpaired) electrons. The second kappa shape index (κ2) is 5.63. The van der Waals surface area contributed by atoms with E-state index in [-0.39, 0.29) is 0 Å². The molecule has 4 rings (SSSR count). The fourth-order valence-electron chi connectivity index (χ4n) is 3.91. The zero-order chi connectivity index (χ0) is 14.1. The summed E-state index contributed by atoms with van der Waals surface area (Å²) in [4.78, 5) is 2.73. The molecule has 0 saturated carbocycles. The van der Waals surface area contributed by atoms with E-state index in [2.05, 4.69) is 64.8 Å². The number of hydrogen-bond acceptors (Lipinski definition) is 2. The largest absolute Gasteiger partial charge is 0.314 e. The number of fused-ring (bicyclic) bond motifs is 1. The molecule has 108 valence electrons. The van der Waals surface area contributed by atoms with Crippen molar-refractivity contribution in [3.05, 3.63) is 71.3 Å². The summed E-state index contributed by atoms with van der Waals surface area (Å²) in [6.45, 7) is 3.32. The van der Waals surface area contributed by atoms with Gasteiger partial charge in [0.15, 0.2) is 0 Å². The van der Waals surface area contributed by atoms with E-state index in [1.807, 2.05) is 0 Å². The fourth-order valence-corrected chi connectivity index (χ4v) is 3.91. The zero-order valence-electron chi connectivity index (χ0n) is 12.3. The Hall–Kier alpha value is -1.64. The summed E-state index contributed by atoms with van der Waals surface area (Å²) in [5, 5.41) is 3.57. The van der Waals surface area contributed by atoms with Crippen LogP contribution >= 0.6 is 0 Å². The van der Waals surface area contributed by atoms with Crippen molar-refractivity contribution in [2.45, 2.75) is 24.9 Å². The van der Waals surface area contributed by atoms with Crippen LogP contribution in [-0.4, -0.2) is 30.6 Å². The van der Waals surface area contributed by atoms with Crippen LogP contribution in [0.5, 0.6) is 0 Å². The van der Waals surface area contributed by atoms with Crippen LogP contribution in [0.15, 0.2) is 54.6 Å². The molecule has 2 heteroatoms. The molecule has 2 aliphatic rings. The van der Waals surface area contributed by atoms with Gasteiger partial charge in [-0.25, -0.2) is 0 Å². The van der Waals surface area contributed by atoms with Crippen molar-refractivity contribution < 1.29 is 0 Å². The molecule has 1 aliphatic heterocycles. The smallest absolute Gasteiger partial charge is 0.0476 e. The van der Waals surface area contributed by atoms with Crippen LogP contribution in [0.1, 0.15) is 22.7 Å². The van der Waals surface area contributed by atoms with Gasteiger partial charge in [-0.3, -0.25) is 4.90 Å². The highest BCUT2D eigenvalue weighted by Crippen LogP contribution is 2.31. The van der Waals surface area contributed by atoms with Crippen molar-refractivity contribution in [1.29, 1.82) is 0 Å². The SMILES string of the molecule is c1ccc(C2CNCCN2C2Cc3ccccc3C2)cc1. The Morgan fingerprint density at radius 3 is 2.24 bits per heavy atom. The van der Waals surface area contributed by atoms with Gasteiger partial charge in [0.2, 0.25) is 0 Å². The van der Waals surface area contributed by atoms with Crippen LogP contribution < -0.4 is 5.32 Å². The fraction of sp³-hybridized carbons (Fsp3) is 0.368. The number of rotatable bonds is 2. The minimum absolute atomic E-state index is 0.513. The lowest BCUT2D eigenvalue weighted by molar-refractivity contribution is 0.110. The van der Waals surface area contributed by atoms with Gasteiger partial charge in [-0.05, 0) is 29.5 Å². The average molecular weight is 278 g/mol. The standard InChI is InChI=1S/C19H22N2/c1-2-6-15(7-3-1)19-14-20-10-11-21(19)18-12-16-8-4-5-9-17(16)13-18/h1-9,18-20H,10-14H2. The maximum absolute atomic E-state index is 3.57. The van der Waals surface area contributed by atoms with Gasteiger partial charge >= 0.3 is 0 Å². The number of nitrogens with zero attached hydrogens (tertiary/aromatic N) is 1. The summed E-state index contributed by atoms with van der Waals surface area (Å²) in [5.41, 5.74) is 4.54. The molecule has 1 saturated heterocycles. The molecule has 1 heterocycles. The molecule has 0 amide bonds. The quantitative estimate of drug-likeness (QED) is 0.909. The van der Waals surface area contributed by atoms with E-state index in [1.54, 1.807) is 11.1 Å². The normalized spacial score (nSPS) is 23.1. The Morgan fingerprint density at radius 1 is 0.857 bits per heavy atom. The van der Waals surface area contributed by atoms with E-state index >= 15 is 0 Å². The molecule has 1 atom stereocenters. The monoisotopic (exact) mass is 278 g/mol. The van der Waals surface area contributed by atoms with E-state index in [0.717, 1.165) is 19.6 Å². The molecule has 2 aromatic carbocycles. The summed E-state index contributed by atoms with van der Waals surface area (Å²) in [6, 6.07) is 21.1. The highest BCUT2D eigenvalue weighted by Gasteiger charge is 2.33. The van der Waals surface area contributed by atoms with Crippen LogP contribution in [0.3, 0.4) is 0 Å². The van der Waals surface area contributed by atoms with Gasteiger partial charge in [-0.2, -0.15) is 0 Å². The maximum atomic E-state index is 3.57. The van der Waals surface area contributed by atoms with Gasteiger partial charge in [0.25, 0.3) is 0 Å². The van der Waals surface area contributed by atoms with Crippen molar-refractivity contribution in [1.82, 2.24) is 10.2 Å². The third-order valence-electron chi connectivity index (χ3n) is 4.97. The molecular formula is C19H22N2. The number of hydrogen-bond donors (Lipinski definition) is 1. The van der Waals surface area contributed by atoms with Gasteiger partial charge in [0.05, 0.1) is 0 Å². The Morgan fingerprint density at radius 2 is 1.52 bits per heavy atom. The summed E-state index contributed by atoms with van der Waals surface area (Å²) >= 11 is 0. The topological polar surface area (TPSA) is 15.3 Å². The number of nitrogens with one attached hydrogen (secondary N) is 1. The van der Waals surface area contributed by atoms with Gasteiger partial charge < -0.3 is 5.32 Å². The lowest BCUT2D eigenvalue weighted by Gasteiger charge is -2.40. The van der Waals surface area contributed by atoms with Crippen LogP contribution in [0.25, 0.3) is 0 Å². The van der Waals surface area contributed by atoms with Crippen molar-refractivity contribution in [2.24, 2.45) is 0 Å². The van der Waals surface area contributed by atoms with Gasteiger partial charge in [-0.1, -0.05) is 54.6 Å².